The highest BCUT2D eigenvalue weighted by molar-refractivity contribution is 7.89. The summed E-state index contributed by atoms with van der Waals surface area (Å²) < 4.78 is 25.9. The Balaban J connectivity index is 2.68. The van der Waals surface area contributed by atoms with Crippen molar-refractivity contribution in [1.29, 1.82) is 0 Å². The fourth-order valence-electron chi connectivity index (χ4n) is 1.68. The number of benzene rings is 1. The lowest BCUT2D eigenvalue weighted by Gasteiger charge is -2.17. The number of hydrogen-bond acceptors (Lipinski definition) is 2. The number of rotatable bonds is 7. The summed E-state index contributed by atoms with van der Waals surface area (Å²) in [4.78, 5) is 0.363. The van der Waals surface area contributed by atoms with Crippen LogP contribution < -0.4 is 0 Å². The van der Waals surface area contributed by atoms with Gasteiger partial charge in [0.05, 0.1) is 4.90 Å². The maximum absolute atomic E-state index is 12.2. The topological polar surface area (TPSA) is 37.4 Å². The molecule has 102 valence electrons. The second-order valence-corrected chi connectivity index (χ2v) is 6.82. The molecule has 0 amide bonds. The van der Waals surface area contributed by atoms with E-state index in [1.807, 2.05) is 13.0 Å². The summed E-state index contributed by atoms with van der Waals surface area (Å²) in [5.41, 5.74) is 0.951. The number of hydrogen-bond donors (Lipinski definition) is 0. The zero-order chi connectivity index (χ0) is 13.6. The molecule has 0 aliphatic heterocycles. The van der Waals surface area contributed by atoms with Crippen molar-refractivity contribution in [3.63, 3.8) is 0 Å². The van der Waals surface area contributed by atoms with Crippen LogP contribution in [0.1, 0.15) is 24.8 Å². The Morgan fingerprint density at radius 3 is 2.56 bits per heavy atom. The Hall–Kier alpha value is -0.580. The predicted molar refractivity (Wildman–Crippen MR) is 75.6 cm³/mol. The Morgan fingerprint density at radius 1 is 1.22 bits per heavy atom. The van der Waals surface area contributed by atoms with Crippen LogP contribution in [0, 0.1) is 6.92 Å². The third-order valence-electron chi connectivity index (χ3n) is 2.80. The molecular formula is C13H20ClNO2S. The van der Waals surface area contributed by atoms with Gasteiger partial charge >= 0.3 is 0 Å². The van der Waals surface area contributed by atoms with Gasteiger partial charge in [0.15, 0.2) is 0 Å². The summed E-state index contributed by atoms with van der Waals surface area (Å²) >= 11 is 5.59. The van der Waals surface area contributed by atoms with Gasteiger partial charge in [-0.05, 0) is 37.5 Å². The van der Waals surface area contributed by atoms with Gasteiger partial charge in [-0.3, -0.25) is 0 Å². The molecule has 0 heterocycles. The lowest BCUT2D eigenvalue weighted by molar-refractivity contribution is 0.454. The molecule has 0 aliphatic rings. The first kappa shape index (κ1) is 15.5. The molecule has 0 N–H and O–H groups in total. The monoisotopic (exact) mass is 289 g/mol. The third-order valence-corrected chi connectivity index (χ3v) is 4.92. The number of halogens is 1. The summed E-state index contributed by atoms with van der Waals surface area (Å²) in [5, 5.41) is 0. The number of sulfonamides is 1. The van der Waals surface area contributed by atoms with Gasteiger partial charge < -0.3 is 0 Å². The van der Waals surface area contributed by atoms with Crippen LogP contribution in [0.15, 0.2) is 29.2 Å². The molecule has 0 saturated carbocycles. The van der Waals surface area contributed by atoms with Crippen LogP contribution in [0.5, 0.6) is 0 Å². The van der Waals surface area contributed by atoms with Crippen molar-refractivity contribution >= 4 is 21.6 Å². The maximum atomic E-state index is 12.2. The SMILES string of the molecule is Cc1cccc(S(=O)(=O)N(C)CCCCCCl)c1. The molecule has 0 saturated heterocycles. The smallest absolute Gasteiger partial charge is 0.207 e. The largest absolute Gasteiger partial charge is 0.242 e. The van der Waals surface area contributed by atoms with Gasteiger partial charge in [0.2, 0.25) is 10.0 Å². The Labute approximate surface area is 115 Å². The normalized spacial score (nSPS) is 12.0. The van der Waals surface area contributed by atoms with Gasteiger partial charge in [-0.15, -0.1) is 11.6 Å². The van der Waals surface area contributed by atoms with Crippen molar-refractivity contribution in [2.75, 3.05) is 19.5 Å². The number of aryl methyl sites for hydroxylation is 1. The van der Waals surface area contributed by atoms with Crippen LogP contribution in [-0.2, 0) is 10.0 Å². The Bertz CT molecular complexity index is 474. The van der Waals surface area contributed by atoms with Crippen molar-refractivity contribution in [2.24, 2.45) is 0 Å². The number of alkyl halides is 1. The third kappa shape index (κ3) is 4.26. The lowest BCUT2D eigenvalue weighted by Crippen LogP contribution is -2.28. The molecule has 5 heteroatoms. The summed E-state index contributed by atoms with van der Waals surface area (Å²) in [6.45, 7) is 2.42. The standard InChI is InChI=1S/C13H20ClNO2S/c1-12-7-6-8-13(11-12)18(16,17)15(2)10-5-3-4-9-14/h6-8,11H,3-5,9-10H2,1-2H3. The Morgan fingerprint density at radius 2 is 1.94 bits per heavy atom. The van der Waals surface area contributed by atoms with E-state index in [1.165, 1.54) is 4.31 Å². The van der Waals surface area contributed by atoms with Gasteiger partial charge in [0.25, 0.3) is 0 Å². The molecule has 0 atom stereocenters. The first-order valence-electron chi connectivity index (χ1n) is 6.07. The van der Waals surface area contributed by atoms with Gasteiger partial charge in [0.1, 0.15) is 0 Å². The molecule has 0 bridgehead atoms. The highest BCUT2D eigenvalue weighted by atomic mass is 35.5. The average molecular weight is 290 g/mol. The van der Waals surface area contributed by atoms with Gasteiger partial charge in [-0.2, -0.15) is 0 Å². The quantitative estimate of drug-likeness (QED) is 0.571. The van der Waals surface area contributed by atoms with E-state index >= 15 is 0 Å². The molecule has 1 aromatic carbocycles. The molecule has 3 nitrogen and oxygen atoms in total. The second-order valence-electron chi connectivity index (χ2n) is 4.39. The van der Waals surface area contributed by atoms with Crippen LogP contribution >= 0.6 is 11.6 Å². The molecule has 0 aromatic heterocycles. The van der Waals surface area contributed by atoms with E-state index in [9.17, 15) is 8.42 Å². The van der Waals surface area contributed by atoms with E-state index in [0.717, 1.165) is 24.8 Å². The number of unbranched alkanes of at least 4 members (excludes halogenated alkanes) is 2. The van der Waals surface area contributed by atoms with Crippen molar-refractivity contribution in [2.45, 2.75) is 31.1 Å². The van der Waals surface area contributed by atoms with Crippen LogP contribution in [0.4, 0.5) is 0 Å². The highest BCUT2D eigenvalue weighted by Gasteiger charge is 2.19. The molecule has 18 heavy (non-hydrogen) atoms. The van der Waals surface area contributed by atoms with E-state index in [-0.39, 0.29) is 0 Å². The fourth-order valence-corrected chi connectivity index (χ4v) is 3.19. The van der Waals surface area contributed by atoms with Crippen LogP contribution in [0.2, 0.25) is 0 Å². The highest BCUT2D eigenvalue weighted by Crippen LogP contribution is 2.16. The molecule has 0 radical (unpaired) electrons. The van der Waals surface area contributed by atoms with Crippen LogP contribution in [0.3, 0.4) is 0 Å². The first-order valence-corrected chi connectivity index (χ1v) is 8.05. The van der Waals surface area contributed by atoms with Gasteiger partial charge in [-0.1, -0.05) is 18.6 Å². The predicted octanol–water partition coefficient (Wildman–Crippen LogP) is 3.02. The molecular weight excluding hydrogens is 270 g/mol. The fraction of sp³-hybridized carbons (Fsp3) is 0.538. The van der Waals surface area contributed by atoms with Crippen molar-refractivity contribution in [3.8, 4) is 0 Å². The minimum absolute atomic E-state index is 0.363. The lowest BCUT2D eigenvalue weighted by atomic mass is 10.2. The average Bonchev–Trinajstić information content (AvgIpc) is 2.34. The zero-order valence-electron chi connectivity index (χ0n) is 10.9. The summed E-state index contributed by atoms with van der Waals surface area (Å²) in [5.74, 6) is 0.633. The molecule has 0 unspecified atom stereocenters. The van der Waals surface area contributed by atoms with Gasteiger partial charge in [0, 0.05) is 19.5 Å². The molecule has 0 aliphatic carbocycles. The summed E-state index contributed by atoms with van der Waals surface area (Å²) in [6.07, 6.45) is 2.73. The van der Waals surface area contributed by atoms with Crippen molar-refractivity contribution in [1.82, 2.24) is 4.31 Å². The maximum Gasteiger partial charge on any atom is 0.242 e. The second kappa shape index (κ2) is 7.12. The van der Waals surface area contributed by atoms with Crippen LogP contribution in [-0.4, -0.2) is 32.2 Å². The minimum Gasteiger partial charge on any atom is -0.207 e. The van der Waals surface area contributed by atoms with Gasteiger partial charge in [-0.25, -0.2) is 12.7 Å². The van der Waals surface area contributed by atoms with Crippen LogP contribution in [0.25, 0.3) is 0 Å². The first-order chi connectivity index (χ1) is 8.48. The molecule has 0 fully saturated rings. The van der Waals surface area contributed by atoms with E-state index in [4.69, 9.17) is 11.6 Å². The summed E-state index contributed by atoms with van der Waals surface area (Å²) in [7, 11) is -1.72. The molecule has 1 rings (SSSR count). The molecule has 1 aromatic rings. The van der Waals surface area contributed by atoms with Crippen molar-refractivity contribution in [3.05, 3.63) is 29.8 Å². The van der Waals surface area contributed by atoms with E-state index in [0.29, 0.717) is 17.3 Å². The van der Waals surface area contributed by atoms with E-state index in [2.05, 4.69) is 0 Å². The zero-order valence-corrected chi connectivity index (χ0v) is 12.5. The molecule has 0 spiro atoms. The van der Waals surface area contributed by atoms with Crippen molar-refractivity contribution < 1.29 is 8.42 Å². The summed E-state index contributed by atoms with van der Waals surface area (Å²) in [6, 6.07) is 6.99. The Kier molecular flexibility index (Phi) is 6.12. The van der Waals surface area contributed by atoms with E-state index < -0.39 is 10.0 Å². The minimum atomic E-state index is -3.35. The van der Waals surface area contributed by atoms with E-state index in [1.54, 1.807) is 25.2 Å². The number of nitrogens with zero attached hydrogens (tertiary/aromatic N) is 1.